The third kappa shape index (κ3) is 3.02. The second-order valence-corrected chi connectivity index (χ2v) is 6.26. The molecule has 0 bridgehead atoms. The number of piperidine rings is 1. The molecule has 1 saturated heterocycles. The molecule has 7 heteroatoms. The number of benzene rings is 1. The Bertz CT molecular complexity index is 595. The molecule has 4 nitrogen and oxygen atoms in total. The van der Waals surface area contributed by atoms with Crippen molar-refractivity contribution in [1.82, 2.24) is 10.2 Å². The molecule has 1 aromatic carbocycles. The Morgan fingerprint density at radius 3 is 2.57 bits per heavy atom. The van der Waals surface area contributed by atoms with Crippen LogP contribution < -0.4 is 5.32 Å². The minimum absolute atomic E-state index is 0.0953. The van der Waals surface area contributed by atoms with Crippen LogP contribution in [0.25, 0.3) is 0 Å². The summed E-state index contributed by atoms with van der Waals surface area (Å²) in [5, 5.41) is 12.5. The van der Waals surface area contributed by atoms with Crippen molar-refractivity contribution >= 4 is 6.03 Å². The molecule has 0 saturated carbocycles. The summed E-state index contributed by atoms with van der Waals surface area (Å²) >= 11 is 0. The number of nitrogens with zero attached hydrogens (tertiary/aromatic N) is 1. The average molecular weight is 328 g/mol. The molecule has 1 aliphatic heterocycles. The van der Waals surface area contributed by atoms with Crippen molar-refractivity contribution in [3.8, 4) is 0 Å². The molecule has 1 heterocycles. The molecule has 1 aromatic rings. The van der Waals surface area contributed by atoms with Crippen LogP contribution in [0.15, 0.2) is 24.3 Å². The van der Waals surface area contributed by atoms with E-state index < -0.39 is 24.6 Å². The molecule has 1 fully saturated rings. The largest absolute Gasteiger partial charge is 0.417 e. The zero-order chi connectivity index (χ0) is 16.7. The molecule has 2 aliphatic rings. The zero-order valence-electron chi connectivity index (χ0n) is 12.6. The van der Waals surface area contributed by atoms with E-state index in [0.717, 1.165) is 18.4 Å². The third-order valence-corrected chi connectivity index (χ3v) is 4.84. The lowest BCUT2D eigenvalue weighted by Gasteiger charge is -2.39. The van der Waals surface area contributed by atoms with E-state index in [1.165, 1.54) is 10.5 Å². The van der Waals surface area contributed by atoms with Crippen LogP contribution in [0.5, 0.6) is 0 Å². The molecule has 0 spiro atoms. The van der Waals surface area contributed by atoms with Gasteiger partial charge in [-0.3, -0.25) is 0 Å². The Morgan fingerprint density at radius 2 is 1.91 bits per heavy atom. The predicted octanol–water partition coefficient (Wildman–Crippen LogP) is 2.77. The number of carbonyl (C=O) groups is 1. The lowest BCUT2D eigenvalue weighted by Crippen LogP contribution is -2.56. The number of nitrogens with one attached hydrogen (secondary N) is 1. The van der Waals surface area contributed by atoms with Crippen LogP contribution in [0.2, 0.25) is 0 Å². The maximum atomic E-state index is 12.8. The van der Waals surface area contributed by atoms with Gasteiger partial charge in [0.1, 0.15) is 0 Å². The summed E-state index contributed by atoms with van der Waals surface area (Å²) in [6.07, 6.45) is -3.93. The molecular formula is C16H19F3N2O2. The van der Waals surface area contributed by atoms with Gasteiger partial charge in [0, 0.05) is 25.9 Å². The van der Waals surface area contributed by atoms with Crippen LogP contribution in [-0.2, 0) is 6.42 Å². The van der Waals surface area contributed by atoms with Crippen LogP contribution in [-0.4, -0.2) is 40.9 Å². The van der Waals surface area contributed by atoms with E-state index >= 15 is 0 Å². The summed E-state index contributed by atoms with van der Waals surface area (Å²) in [5.41, 5.74) is -0.406. The summed E-state index contributed by atoms with van der Waals surface area (Å²) in [4.78, 5) is 13.6. The highest BCUT2D eigenvalue weighted by atomic mass is 19.4. The van der Waals surface area contributed by atoms with Gasteiger partial charge in [-0.15, -0.1) is 0 Å². The molecule has 1 atom stereocenters. The van der Waals surface area contributed by atoms with Gasteiger partial charge in [0.05, 0.1) is 6.04 Å². The fourth-order valence-corrected chi connectivity index (χ4v) is 3.31. The molecule has 126 valence electrons. The SMILES string of the molecule is O=C(NC1CCc2ccccc21)N1CCC(O)(C(F)(F)F)CC1. The molecule has 0 radical (unpaired) electrons. The zero-order valence-corrected chi connectivity index (χ0v) is 12.6. The molecule has 2 amide bonds. The number of halogens is 3. The highest BCUT2D eigenvalue weighted by Crippen LogP contribution is 2.38. The average Bonchev–Trinajstić information content (AvgIpc) is 2.90. The first kappa shape index (κ1) is 16.1. The van der Waals surface area contributed by atoms with E-state index in [0.29, 0.717) is 0 Å². The Kier molecular flexibility index (Phi) is 4.00. The number of hydrogen-bond donors (Lipinski definition) is 2. The van der Waals surface area contributed by atoms with Crippen LogP contribution in [0.1, 0.15) is 36.4 Å². The number of aliphatic hydroxyl groups is 1. The van der Waals surface area contributed by atoms with Crippen molar-refractivity contribution in [3.05, 3.63) is 35.4 Å². The minimum Gasteiger partial charge on any atom is -0.380 e. The van der Waals surface area contributed by atoms with E-state index in [2.05, 4.69) is 5.32 Å². The maximum absolute atomic E-state index is 12.8. The van der Waals surface area contributed by atoms with Gasteiger partial charge in [-0.1, -0.05) is 24.3 Å². The Hall–Kier alpha value is -1.76. The summed E-state index contributed by atoms with van der Waals surface area (Å²) in [5.74, 6) is 0. The second kappa shape index (κ2) is 5.70. The van der Waals surface area contributed by atoms with Crippen molar-refractivity contribution in [3.63, 3.8) is 0 Å². The molecule has 23 heavy (non-hydrogen) atoms. The van der Waals surface area contributed by atoms with Crippen LogP contribution in [0.4, 0.5) is 18.0 Å². The molecule has 3 rings (SSSR count). The van der Waals surface area contributed by atoms with Gasteiger partial charge in [-0.25, -0.2) is 4.79 Å². The Labute approximate surface area is 132 Å². The summed E-state index contributed by atoms with van der Waals surface area (Å²) in [7, 11) is 0. The van der Waals surface area contributed by atoms with Crippen molar-refractivity contribution in [2.75, 3.05) is 13.1 Å². The standard InChI is InChI=1S/C16H19F3N2O2/c17-16(18,19)15(23)7-9-21(10-8-15)14(22)20-13-6-5-11-3-1-2-4-12(11)13/h1-4,13,23H,5-10H2,(H,20,22). The van der Waals surface area contributed by atoms with Gasteiger partial charge < -0.3 is 15.3 Å². The number of alkyl halides is 3. The van der Waals surface area contributed by atoms with Crippen molar-refractivity contribution < 1.29 is 23.1 Å². The Balaban J connectivity index is 1.59. The molecule has 2 N–H and O–H groups in total. The van der Waals surface area contributed by atoms with Gasteiger partial charge in [0.25, 0.3) is 0 Å². The monoisotopic (exact) mass is 328 g/mol. The van der Waals surface area contributed by atoms with Gasteiger partial charge in [-0.2, -0.15) is 13.2 Å². The van der Waals surface area contributed by atoms with E-state index in [9.17, 15) is 23.1 Å². The first-order chi connectivity index (χ1) is 10.8. The number of likely N-dealkylation sites (tertiary alicyclic amines) is 1. The van der Waals surface area contributed by atoms with Gasteiger partial charge in [-0.05, 0) is 24.0 Å². The fraction of sp³-hybridized carbons (Fsp3) is 0.562. The smallest absolute Gasteiger partial charge is 0.380 e. The van der Waals surface area contributed by atoms with Crippen LogP contribution >= 0.6 is 0 Å². The lowest BCUT2D eigenvalue weighted by atomic mass is 9.91. The van der Waals surface area contributed by atoms with Crippen LogP contribution in [0, 0.1) is 0 Å². The van der Waals surface area contributed by atoms with Gasteiger partial charge in [0.15, 0.2) is 5.60 Å². The van der Waals surface area contributed by atoms with E-state index in [1.54, 1.807) is 0 Å². The topological polar surface area (TPSA) is 52.6 Å². The highest BCUT2D eigenvalue weighted by molar-refractivity contribution is 5.75. The number of carbonyl (C=O) groups excluding carboxylic acids is 1. The number of rotatable bonds is 1. The first-order valence-electron chi connectivity index (χ1n) is 7.72. The summed E-state index contributed by atoms with van der Waals surface area (Å²) in [6, 6.07) is 7.38. The number of urea groups is 1. The molecule has 1 aliphatic carbocycles. The number of aryl methyl sites for hydroxylation is 1. The molecule has 1 unspecified atom stereocenters. The van der Waals surface area contributed by atoms with E-state index in [4.69, 9.17) is 0 Å². The highest BCUT2D eigenvalue weighted by Gasteiger charge is 2.55. The van der Waals surface area contributed by atoms with Crippen molar-refractivity contribution in [1.29, 1.82) is 0 Å². The second-order valence-electron chi connectivity index (χ2n) is 6.26. The maximum Gasteiger partial charge on any atom is 0.417 e. The lowest BCUT2D eigenvalue weighted by molar-refractivity contribution is -0.271. The number of fused-ring (bicyclic) bond motifs is 1. The van der Waals surface area contributed by atoms with Crippen molar-refractivity contribution in [2.45, 2.75) is 43.5 Å². The fourth-order valence-electron chi connectivity index (χ4n) is 3.31. The normalized spacial score (nSPS) is 23.5. The van der Waals surface area contributed by atoms with Crippen molar-refractivity contribution in [2.24, 2.45) is 0 Å². The third-order valence-electron chi connectivity index (χ3n) is 4.84. The number of amides is 2. The molecule has 0 aromatic heterocycles. The van der Waals surface area contributed by atoms with Gasteiger partial charge in [0.2, 0.25) is 0 Å². The summed E-state index contributed by atoms with van der Waals surface area (Å²) in [6.45, 7) is -0.202. The first-order valence-corrected chi connectivity index (χ1v) is 7.72. The molecular weight excluding hydrogens is 309 g/mol. The summed E-state index contributed by atoms with van der Waals surface area (Å²) < 4.78 is 38.3. The van der Waals surface area contributed by atoms with Gasteiger partial charge >= 0.3 is 12.2 Å². The van der Waals surface area contributed by atoms with E-state index in [-0.39, 0.29) is 25.2 Å². The number of hydrogen-bond acceptors (Lipinski definition) is 2. The quantitative estimate of drug-likeness (QED) is 0.833. The van der Waals surface area contributed by atoms with Crippen LogP contribution in [0.3, 0.4) is 0 Å². The minimum atomic E-state index is -4.65. The Morgan fingerprint density at radius 1 is 1.26 bits per heavy atom. The predicted molar refractivity (Wildman–Crippen MR) is 77.8 cm³/mol. The van der Waals surface area contributed by atoms with E-state index in [1.807, 2.05) is 24.3 Å².